The second-order valence-corrected chi connectivity index (χ2v) is 5.09. The minimum absolute atomic E-state index is 0.228. The van der Waals surface area contributed by atoms with Crippen LogP contribution in [0.5, 0.6) is 0 Å². The number of amides is 1. The fourth-order valence-electron chi connectivity index (χ4n) is 1.40. The van der Waals surface area contributed by atoms with Crippen LogP contribution in [0.2, 0.25) is 0 Å². The summed E-state index contributed by atoms with van der Waals surface area (Å²) in [4.78, 5) is 25.9. The predicted octanol–water partition coefficient (Wildman–Crippen LogP) is 2.70. The molecule has 1 unspecified atom stereocenters. The zero-order chi connectivity index (χ0) is 15.0. The molecule has 4 nitrogen and oxygen atoms in total. The SMILES string of the molecule is CCOC(=O)C(C)N(C)C(=O)/C=C/Sc1ccccc1. The van der Waals surface area contributed by atoms with Gasteiger partial charge < -0.3 is 9.64 Å². The first kappa shape index (κ1) is 16.3. The van der Waals surface area contributed by atoms with Gasteiger partial charge in [0, 0.05) is 18.0 Å². The highest BCUT2D eigenvalue weighted by molar-refractivity contribution is 8.02. The highest BCUT2D eigenvalue weighted by atomic mass is 32.2. The van der Waals surface area contributed by atoms with Gasteiger partial charge in [0.25, 0.3) is 0 Å². The third-order valence-corrected chi connectivity index (χ3v) is 3.53. The third-order valence-electron chi connectivity index (χ3n) is 2.71. The fourth-order valence-corrected chi connectivity index (χ4v) is 2.06. The van der Waals surface area contributed by atoms with Crippen molar-refractivity contribution in [1.29, 1.82) is 0 Å². The van der Waals surface area contributed by atoms with Crippen LogP contribution in [-0.4, -0.2) is 36.5 Å². The Labute approximate surface area is 123 Å². The van der Waals surface area contributed by atoms with Crippen LogP contribution in [0.25, 0.3) is 0 Å². The molecule has 0 aliphatic carbocycles. The average Bonchev–Trinajstić information content (AvgIpc) is 2.47. The smallest absolute Gasteiger partial charge is 0.328 e. The molecule has 5 heteroatoms. The van der Waals surface area contributed by atoms with Crippen LogP contribution < -0.4 is 0 Å². The molecule has 0 aliphatic rings. The second kappa shape index (κ2) is 8.43. The van der Waals surface area contributed by atoms with Crippen LogP contribution in [-0.2, 0) is 14.3 Å². The lowest BCUT2D eigenvalue weighted by molar-refractivity contribution is -0.151. The molecule has 0 saturated heterocycles. The van der Waals surface area contributed by atoms with Crippen molar-refractivity contribution in [2.24, 2.45) is 0 Å². The van der Waals surface area contributed by atoms with E-state index < -0.39 is 12.0 Å². The number of rotatable bonds is 6. The van der Waals surface area contributed by atoms with Gasteiger partial charge in [0.15, 0.2) is 0 Å². The molecule has 0 saturated carbocycles. The highest BCUT2D eigenvalue weighted by Gasteiger charge is 2.21. The minimum atomic E-state index is -0.589. The Balaban J connectivity index is 2.51. The largest absolute Gasteiger partial charge is 0.464 e. The van der Waals surface area contributed by atoms with E-state index in [4.69, 9.17) is 4.74 Å². The second-order valence-electron chi connectivity index (χ2n) is 4.11. The quantitative estimate of drug-likeness (QED) is 0.459. The maximum absolute atomic E-state index is 11.9. The van der Waals surface area contributed by atoms with E-state index >= 15 is 0 Å². The molecule has 0 bridgehead atoms. The van der Waals surface area contributed by atoms with Crippen molar-refractivity contribution < 1.29 is 14.3 Å². The Bertz CT molecular complexity index is 473. The number of ether oxygens (including phenoxy) is 1. The molecule has 108 valence electrons. The van der Waals surface area contributed by atoms with Crippen molar-refractivity contribution in [2.75, 3.05) is 13.7 Å². The van der Waals surface area contributed by atoms with E-state index in [-0.39, 0.29) is 5.91 Å². The summed E-state index contributed by atoms with van der Waals surface area (Å²) >= 11 is 1.45. The minimum Gasteiger partial charge on any atom is -0.464 e. The Morgan fingerprint density at radius 1 is 1.35 bits per heavy atom. The molecule has 1 aromatic carbocycles. The van der Waals surface area contributed by atoms with Crippen molar-refractivity contribution in [3.05, 3.63) is 41.8 Å². The van der Waals surface area contributed by atoms with E-state index in [0.717, 1.165) is 4.90 Å². The van der Waals surface area contributed by atoms with Crippen LogP contribution >= 0.6 is 11.8 Å². The molecule has 0 N–H and O–H groups in total. The van der Waals surface area contributed by atoms with Gasteiger partial charge in [-0.05, 0) is 31.4 Å². The summed E-state index contributed by atoms with van der Waals surface area (Å²) < 4.78 is 4.89. The zero-order valence-corrected chi connectivity index (χ0v) is 12.7. The Kier molecular flexibility index (Phi) is 6.87. The van der Waals surface area contributed by atoms with Gasteiger partial charge in [-0.15, -0.1) is 0 Å². The van der Waals surface area contributed by atoms with Gasteiger partial charge in [-0.2, -0.15) is 0 Å². The van der Waals surface area contributed by atoms with Crippen LogP contribution in [0.15, 0.2) is 46.7 Å². The van der Waals surface area contributed by atoms with Crippen LogP contribution in [0.4, 0.5) is 0 Å². The monoisotopic (exact) mass is 293 g/mol. The van der Waals surface area contributed by atoms with Crippen molar-refractivity contribution in [3.8, 4) is 0 Å². The Morgan fingerprint density at radius 2 is 2.00 bits per heavy atom. The van der Waals surface area contributed by atoms with E-state index in [0.29, 0.717) is 6.61 Å². The number of hydrogen-bond donors (Lipinski definition) is 0. The van der Waals surface area contributed by atoms with E-state index in [1.807, 2.05) is 30.3 Å². The molecule has 0 aromatic heterocycles. The summed E-state index contributed by atoms with van der Waals surface area (Å²) in [5.74, 6) is -0.624. The molecule has 0 radical (unpaired) electrons. The predicted molar refractivity (Wildman–Crippen MR) is 80.3 cm³/mol. The topological polar surface area (TPSA) is 46.6 Å². The first-order chi connectivity index (χ1) is 9.56. The maximum atomic E-state index is 11.9. The summed E-state index contributed by atoms with van der Waals surface area (Å²) in [5, 5.41) is 1.71. The van der Waals surface area contributed by atoms with Crippen LogP contribution in [0.3, 0.4) is 0 Å². The lowest BCUT2D eigenvalue weighted by Crippen LogP contribution is -2.40. The van der Waals surface area contributed by atoms with Crippen molar-refractivity contribution >= 4 is 23.6 Å². The van der Waals surface area contributed by atoms with Crippen LogP contribution in [0.1, 0.15) is 13.8 Å². The summed E-state index contributed by atoms with van der Waals surface area (Å²) in [7, 11) is 1.58. The van der Waals surface area contributed by atoms with Gasteiger partial charge in [0.05, 0.1) is 6.61 Å². The summed E-state index contributed by atoms with van der Waals surface area (Å²) in [5.41, 5.74) is 0. The Hall–Kier alpha value is -1.75. The molecule has 1 amide bonds. The lowest BCUT2D eigenvalue weighted by atomic mass is 10.3. The number of thioether (sulfide) groups is 1. The van der Waals surface area contributed by atoms with E-state index in [2.05, 4.69) is 0 Å². The van der Waals surface area contributed by atoms with E-state index in [1.54, 1.807) is 26.3 Å². The van der Waals surface area contributed by atoms with Gasteiger partial charge in [-0.25, -0.2) is 4.79 Å². The van der Waals surface area contributed by atoms with Gasteiger partial charge >= 0.3 is 5.97 Å². The summed E-state index contributed by atoms with van der Waals surface area (Å²) in [6.45, 7) is 3.70. The number of nitrogens with zero attached hydrogens (tertiary/aromatic N) is 1. The molecule has 0 spiro atoms. The number of benzene rings is 1. The van der Waals surface area contributed by atoms with Crippen molar-refractivity contribution in [1.82, 2.24) is 4.90 Å². The van der Waals surface area contributed by atoms with Gasteiger partial charge in [0.2, 0.25) is 5.91 Å². The Morgan fingerprint density at radius 3 is 2.60 bits per heavy atom. The number of carbonyl (C=O) groups excluding carboxylic acids is 2. The molecular weight excluding hydrogens is 274 g/mol. The molecule has 0 fully saturated rings. The number of carbonyl (C=O) groups is 2. The van der Waals surface area contributed by atoms with E-state index in [1.165, 1.54) is 22.7 Å². The van der Waals surface area contributed by atoms with Crippen molar-refractivity contribution in [3.63, 3.8) is 0 Å². The highest BCUT2D eigenvalue weighted by Crippen LogP contribution is 2.18. The molecular formula is C15H19NO3S. The standard InChI is InChI=1S/C15H19NO3S/c1-4-19-15(18)12(2)16(3)14(17)10-11-20-13-8-6-5-7-9-13/h5-12H,4H2,1-3H3/b11-10+. The molecule has 1 rings (SSSR count). The zero-order valence-electron chi connectivity index (χ0n) is 11.9. The number of hydrogen-bond acceptors (Lipinski definition) is 4. The number of esters is 1. The average molecular weight is 293 g/mol. The summed E-state index contributed by atoms with van der Waals surface area (Å²) in [6.07, 6.45) is 1.45. The first-order valence-electron chi connectivity index (χ1n) is 6.38. The number of likely N-dealkylation sites (N-methyl/N-ethyl adjacent to an activating group) is 1. The fraction of sp³-hybridized carbons (Fsp3) is 0.333. The lowest BCUT2D eigenvalue weighted by Gasteiger charge is -2.21. The molecule has 0 aliphatic heterocycles. The van der Waals surface area contributed by atoms with Gasteiger partial charge in [-0.3, -0.25) is 4.79 Å². The van der Waals surface area contributed by atoms with Crippen LogP contribution in [0, 0.1) is 0 Å². The van der Waals surface area contributed by atoms with Gasteiger partial charge in [-0.1, -0.05) is 30.0 Å². The first-order valence-corrected chi connectivity index (χ1v) is 7.26. The van der Waals surface area contributed by atoms with Gasteiger partial charge in [0.1, 0.15) is 6.04 Å². The maximum Gasteiger partial charge on any atom is 0.328 e. The molecule has 0 heterocycles. The normalized spacial score (nSPS) is 12.2. The third kappa shape index (κ3) is 5.09. The molecule has 1 atom stereocenters. The molecule has 20 heavy (non-hydrogen) atoms. The van der Waals surface area contributed by atoms with E-state index in [9.17, 15) is 9.59 Å². The molecule has 1 aromatic rings. The van der Waals surface area contributed by atoms with Crippen molar-refractivity contribution in [2.45, 2.75) is 24.8 Å². The summed E-state index contributed by atoms with van der Waals surface area (Å²) in [6, 6.07) is 9.15.